The minimum absolute atomic E-state index is 0.516. The molecule has 0 saturated heterocycles. The van der Waals surface area contributed by atoms with Crippen LogP contribution in [0.3, 0.4) is 0 Å². The van der Waals surface area contributed by atoms with Crippen LogP contribution < -0.4 is 10.6 Å². The van der Waals surface area contributed by atoms with Gasteiger partial charge in [0, 0.05) is 11.4 Å². The molecule has 2 aromatic carbocycles. The molecule has 0 aliphatic carbocycles. The number of nitrogens with one attached hydrogen (secondary N) is 2. The minimum Gasteiger partial charge on any atom is -0.324 e. The van der Waals surface area contributed by atoms with Gasteiger partial charge in [0.15, 0.2) is 0 Å². The Morgan fingerprint density at radius 2 is 0.958 bits per heavy atom. The molecule has 2 N–H and O–H groups in total. The van der Waals surface area contributed by atoms with Crippen LogP contribution in [0.5, 0.6) is 0 Å². The maximum Gasteiger partial charge on any atom is 0.232 e. The van der Waals surface area contributed by atoms with Crippen molar-refractivity contribution in [2.24, 2.45) is 0 Å². The molecule has 3 rings (SSSR count). The highest BCUT2D eigenvalue weighted by molar-refractivity contribution is 5.59. The Morgan fingerprint density at radius 1 is 0.583 bits per heavy atom. The van der Waals surface area contributed by atoms with Crippen LogP contribution in [0.2, 0.25) is 0 Å². The Bertz CT molecular complexity index is 764. The quantitative estimate of drug-likeness (QED) is 0.736. The third-order valence-corrected chi connectivity index (χ3v) is 3.53. The molecular weight excluding hydrogens is 298 g/mol. The first-order valence-electron chi connectivity index (χ1n) is 7.87. The molecule has 122 valence electrons. The van der Waals surface area contributed by atoms with Crippen LogP contribution in [0.1, 0.15) is 22.3 Å². The molecule has 0 fully saturated rings. The average molecular weight is 319 g/mol. The lowest BCUT2D eigenvalue weighted by Crippen LogP contribution is -2.03. The van der Waals surface area contributed by atoms with Crippen molar-refractivity contribution in [2.75, 3.05) is 10.6 Å². The lowest BCUT2D eigenvalue weighted by Gasteiger charge is -2.10. The van der Waals surface area contributed by atoms with E-state index in [1.807, 2.05) is 0 Å². The first kappa shape index (κ1) is 15.9. The second kappa shape index (κ2) is 6.66. The lowest BCUT2D eigenvalue weighted by molar-refractivity contribution is 1.06. The smallest absolute Gasteiger partial charge is 0.232 e. The summed E-state index contributed by atoms with van der Waals surface area (Å²) >= 11 is 0. The number of anilines is 4. The largest absolute Gasteiger partial charge is 0.324 e. The van der Waals surface area contributed by atoms with Gasteiger partial charge in [-0.3, -0.25) is 0 Å². The molecular formula is C19H21N5. The summed E-state index contributed by atoms with van der Waals surface area (Å²) in [4.78, 5) is 12.8. The van der Waals surface area contributed by atoms with E-state index in [1.54, 1.807) is 0 Å². The van der Waals surface area contributed by atoms with Gasteiger partial charge in [0.05, 0.1) is 0 Å². The van der Waals surface area contributed by atoms with E-state index in [0.29, 0.717) is 11.9 Å². The SMILES string of the molecule is Cc1cc(C)cc(Nc2ncnc(Nc3cc(C)cc(C)c3)n2)c1. The van der Waals surface area contributed by atoms with Gasteiger partial charge < -0.3 is 10.6 Å². The summed E-state index contributed by atoms with van der Waals surface area (Å²) in [7, 11) is 0. The molecule has 1 aromatic heterocycles. The van der Waals surface area contributed by atoms with Crippen molar-refractivity contribution in [3.63, 3.8) is 0 Å². The van der Waals surface area contributed by atoms with Crippen LogP contribution in [-0.2, 0) is 0 Å². The number of aryl methyl sites for hydroxylation is 4. The zero-order chi connectivity index (χ0) is 17.1. The van der Waals surface area contributed by atoms with Gasteiger partial charge in [-0.05, 0) is 74.2 Å². The number of hydrogen-bond acceptors (Lipinski definition) is 5. The Hall–Kier alpha value is -2.95. The van der Waals surface area contributed by atoms with E-state index < -0.39 is 0 Å². The van der Waals surface area contributed by atoms with Crippen LogP contribution in [0.4, 0.5) is 23.3 Å². The lowest BCUT2D eigenvalue weighted by atomic mass is 10.1. The van der Waals surface area contributed by atoms with E-state index in [2.05, 4.69) is 89.7 Å². The summed E-state index contributed by atoms with van der Waals surface area (Å²) < 4.78 is 0. The fraction of sp³-hybridized carbons (Fsp3) is 0.211. The Labute approximate surface area is 142 Å². The number of aromatic nitrogens is 3. The normalized spacial score (nSPS) is 10.5. The van der Waals surface area contributed by atoms with Crippen LogP contribution >= 0.6 is 0 Å². The van der Waals surface area contributed by atoms with Gasteiger partial charge in [-0.2, -0.15) is 4.98 Å². The van der Waals surface area contributed by atoms with Crippen molar-refractivity contribution in [1.82, 2.24) is 15.0 Å². The minimum atomic E-state index is 0.516. The zero-order valence-corrected chi connectivity index (χ0v) is 14.4. The molecule has 0 aliphatic heterocycles. The van der Waals surface area contributed by atoms with Crippen molar-refractivity contribution in [2.45, 2.75) is 27.7 Å². The molecule has 0 aliphatic rings. The molecule has 24 heavy (non-hydrogen) atoms. The molecule has 0 atom stereocenters. The Kier molecular flexibility index (Phi) is 4.42. The fourth-order valence-electron chi connectivity index (χ4n) is 2.77. The van der Waals surface area contributed by atoms with Gasteiger partial charge in [-0.1, -0.05) is 12.1 Å². The molecule has 0 spiro atoms. The van der Waals surface area contributed by atoms with Crippen LogP contribution in [0.25, 0.3) is 0 Å². The zero-order valence-electron chi connectivity index (χ0n) is 14.4. The van der Waals surface area contributed by atoms with Gasteiger partial charge >= 0.3 is 0 Å². The average Bonchev–Trinajstić information content (AvgIpc) is 2.45. The van der Waals surface area contributed by atoms with E-state index >= 15 is 0 Å². The predicted octanol–water partition coefficient (Wildman–Crippen LogP) is 4.59. The first-order chi connectivity index (χ1) is 11.5. The molecule has 3 aromatic rings. The van der Waals surface area contributed by atoms with Crippen LogP contribution in [-0.4, -0.2) is 15.0 Å². The number of rotatable bonds is 4. The third-order valence-electron chi connectivity index (χ3n) is 3.53. The summed E-state index contributed by atoms with van der Waals surface area (Å²) in [6.07, 6.45) is 1.50. The number of benzene rings is 2. The maximum atomic E-state index is 4.44. The Morgan fingerprint density at radius 3 is 1.33 bits per heavy atom. The predicted molar refractivity (Wildman–Crippen MR) is 98.2 cm³/mol. The third kappa shape index (κ3) is 4.07. The molecule has 0 saturated carbocycles. The van der Waals surface area contributed by atoms with Crippen molar-refractivity contribution < 1.29 is 0 Å². The second-order valence-corrected chi connectivity index (χ2v) is 6.14. The van der Waals surface area contributed by atoms with Gasteiger partial charge in [0.1, 0.15) is 6.33 Å². The number of hydrogen-bond donors (Lipinski definition) is 2. The monoisotopic (exact) mass is 319 g/mol. The van der Waals surface area contributed by atoms with E-state index in [1.165, 1.54) is 28.6 Å². The fourth-order valence-corrected chi connectivity index (χ4v) is 2.77. The first-order valence-corrected chi connectivity index (χ1v) is 7.87. The summed E-state index contributed by atoms with van der Waals surface area (Å²) in [5.74, 6) is 1.03. The summed E-state index contributed by atoms with van der Waals surface area (Å²) in [6, 6.07) is 12.5. The van der Waals surface area contributed by atoms with Gasteiger partial charge in [0.2, 0.25) is 11.9 Å². The van der Waals surface area contributed by atoms with E-state index in [-0.39, 0.29) is 0 Å². The highest BCUT2D eigenvalue weighted by Crippen LogP contribution is 2.20. The topological polar surface area (TPSA) is 62.7 Å². The van der Waals surface area contributed by atoms with Crippen molar-refractivity contribution in [1.29, 1.82) is 0 Å². The molecule has 0 bridgehead atoms. The van der Waals surface area contributed by atoms with Crippen LogP contribution in [0.15, 0.2) is 42.7 Å². The summed E-state index contributed by atoms with van der Waals surface area (Å²) in [6.45, 7) is 8.27. The van der Waals surface area contributed by atoms with Gasteiger partial charge in [-0.25, -0.2) is 9.97 Å². The van der Waals surface area contributed by atoms with E-state index in [9.17, 15) is 0 Å². The van der Waals surface area contributed by atoms with E-state index in [0.717, 1.165) is 11.4 Å². The highest BCUT2D eigenvalue weighted by atomic mass is 15.2. The van der Waals surface area contributed by atoms with Crippen molar-refractivity contribution >= 4 is 23.3 Å². The van der Waals surface area contributed by atoms with E-state index in [4.69, 9.17) is 0 Å². The molecule has 0 unspecified atom stereocenters. The molecule has 5 heteroatoms. The highest BCUT2D eigenvalue weighted by Gasteiger charge is 2.04. The van der Waals surface area contributed by atoms with Gasteiger partial charge in [0.25, 0.3) is 0 Å². The standard InChI is InChI=1S/C19H21N5/c1-12-5-13(2)8-16(7-12)22-18-20-11-21-19(24-18)23-17-9-14(3)6-15(4)10-17/h5-11H,1-4H3,(H2,20,21,22,23,24). The van der Waals surface area contributed by atoms with Gasteiger partial charge in [-0.15, -0.1) is 0 Å². The second-order valence-electron chi connectivity index (χ2n) is 6.14. The summed E-state index contributed by atoms with van der Waals surface area (Å²) in [5.41, 5.74) is 6.72. The Balaban J connectivity index is 1.81. The molecule has 5 nitrogen and oxygen atoms in total. The maximum absolute atomic E-state index is 4.44. The molecule has 0 amide bonds. The van der Waals surface area contributed by atoms with Crippen molar-refractivity contribution in [3.8, 4) is 0 Å². The van der Waals surface area contributed by atoms with Crippen molar-refractivity contribution in [3.05, 3.63) is 65.0 Å². The summed E-state index contributed by atoms with van der Waals surface area (Å²) in [5, 5.41) is 6.46. The number of nitrogens with zero attached hydrogens (tertiary/aromatic N) is 3. The molecule has 1 heterocycles. The molecule has 0 radical (unpaired) electrons. The van der Waals surface area contributed by atoms with Crippen LogP contribution in [0, 0.1) is 27.7 Å².